The molecule has 2 atom stereocenters. The molecule has 13 heavy (non-hydrogen) atoms. The summed E-state index contributed by atoms with van der Waals surface area (Å²) in [7, 11) is 0. The van der Waals surface area contributed by atoms with Crippen LogP contribution in [0.2, 0.25) is 0 Å². The highest BCUT2D eigenvalue weighted by atomic mass is 19.1. The molecule has 2 unspecified atom stereocenters. The Bertz CT molecular complexity index is 327. The van der Waals surface area contributed by atoms with E-state index in [1.165, 1.54) is 12.1 Å². The van der Waals surface area contributed by atoms with Gasteiger partial charge in [0.2, 0.25) is 0 Å². The Morgan fingerprint density at radius 3 is 3.08 bits per heavy atom. The molecule has 1 aliphatic heterocycles. The summed E-state index contributed by atoms with van der Waals surface area (Å²) in [4.78, 5) is 0. The van der Waals surface area contributed by atoms with Gasteiger partial charge >= 0.3 is 0 Å². The number of hydrogen-bond donors (Lipinski definition) is 2. The van der Waals surface area contributed by atoms with Gasteiger partial charge in [0.1, 0.15) is 5.82 Å². The summed E-state index contributed by atoms with van der Waals surface area (Å²) in [6.45, 7) is 2.67. The predicted octanol–water partition coefficient (Wildman–Crippen LogP) is 1.92. The van der Waals surface area contributed by atoms with Crippen LogP contribution in [0.25, 0.3) is 0 Å². The van der Waals surface area contributed by atoms with Gasteiger partial charge in [0, 0.05) is 23.7 Å². The van der Waals surface area contributed by atoms with Crippen LogP contribution in [0, 0.1) is 11.7 Å². The summed E-state index contributed by atoms with van der Waals surface area (Å²) < 4.78 is 12.9. The molecule has 0 saturated heterocycles. The van der Waals surface area contributed by atoms with E-state index in [-0.39, 0.29) is 11.7 Å². The molecular formula is C10H12FNO. The molecule has 0 aliphatic carbocycles. The van der Waals surface area contributed by atoms with Gasteiger partial charge in [0.05, 0.1) is 6.10 Å². The normalized spacial score (nSPS) is 26.4. The van der Waals surface area contributed by atoms with Crippen molar-refractivity contribution < 1.29 is 9.50 Å². The molecule has 1 aliphatic rings. The molecule has 2 nitrogen and oxygen atoms in total. The maximum atomic E-state index is 12.9. The van der Waals surface area contributed by atoms with Gasteiger partial charge in [-0.15, -0.1) is 0 Å². The predicted molar refractivity (Wildman–Crippen MR) is 49.0 cm³/mol. The summed E-state index contributed by atoms with van der Waals surface area (Å²) >= 11 is 0. The number of aliphatic hydroxyl groups is 1. The Morgan fingerprint density at radius 2 is 2.31 bits per heavy atom. The third-order valence-electron chi connectivity index (χ3n) is 2.49. The van der Waals surface area contributed by atoms with E-state index in [0.717, 1.165) is 12.2 Å². The van der Waals surface area contributed by atoms with Crippen molar-refractivity contribution in [1.82, 2.24) is 0 Å². The van der Waals surface area contributed by atoms with Crippen LogP contribution in [-0.4, -0.2) is 11.7 Å². The first-order valence-corrected chi connectivity index (χ1v) is 4.40. The molecule has 0 saturated carbocycles. The van der Waals surface area contributed by atoms with Gasteiger partial charge in [-0.2, -0.15) is 0 Å². The van der Waals surface area contributed by atoms with E-state index in [1.807, 2.05) is 6.92 Å². The van der Waals surface area contributed by atoms with Crippen LogP contribution in [0.4, 0.5) is 10.1 Å². The Morgan fingerprint density at radius 1 is 1.54 bits per heavy atom. The molecule has 70 valence electrons. The van der Waals surface area contributed by atoms with Crippen LogP contribution < -0.4 is 5.32 Å². The lowest BCUT2D eigenvalue weighted by atomic mass is 9.92. The number of nitrogens with one attached hydrogen (secondary N) is 1. The van der Waals surface area contributed by atoms with Crippen molar-refractivity contribution in [2.45, 2.75) is 13.0 Å². The van der Waals surface area contributed by atoms with Crippen LogP contribution in [-0.2, 0) is 0 Å². The third kappa shape index (κ3) is 1.40. The van der Waals surface area contributed by atoms with E-state index >= 15 is 0 Å². The average molecular weight is 181 g/mol. The standard InChI is InChI=1S/C10H12FNO/c1-6-5-12-9-3-2-7(11)4-8(9)10(6)13/h2-4,6,10,12-13H,5H2,1H3. The molecule has 2 rings (SSSR count). The quantitative estimate of drug-likeness (QED) is 0.641. The maximum absolute atomic E-state index is 12.9. The minimum absolute atomic E-state index is 0.134. The molecule has 0 fully saturated rings. The second-order valence-corrected chi connectivity index (χ2v) is 3.53. The number of hydrogen-bond acceptors (Lipinski definition) is 2. The highest BCUT2D eigenvalue weighted by Crippen LogP contribution is 2.33. The summed E-state index contributed by atoms with van der Waals surface area (Å²) in [5.74, 6) is -0.164. The monoisotopic (exact) mass is 181 g/mol. The fourth-order valence-corrected chi connectivity index (χ4v) is 1.63. The highest BCUT2D eigenvalue weighted by molar-refractivity contribution is 5.54. The van der Waals surface area contributed by atoms with Crippen molar-refractivity contribution in [3.63, 3.8) is 0 Å². The van der Waals surface area contributed by atoms with Crippen molar-refractivity contribution >= 4 is 5.69 Å². The van der Waals surface area contributed by atoms with Crippen LogP contribution in [0.3, 0.4) is 0 Å². The van der Waals surface area contributed by atoms with Crippen LogP contribution in [0.5, 0.6) is 0 Å². The minimum atomic E-state index is -0.549. The number of fused-ring (bicyclic) bond motifs is 1. The van der Waals surface area contributed by atoms with Crippen molar-refractivity contribution in [2.75, 3.05) is 11.9 Å². The first-order valence-electron chi connectivity index (χ1n) is 4.40. The zero-order valence-electron chi connectivity index (χ0n) is 7.42. The first kappa shape index (κ1) is 8.51. The lowest BCUT2D eigenvalue weighted by Gasteiger charge is -2.28. The van der Waals surface area contributed by atoms with Gasteiger partial charge in [-0.05, 0) is 18.2 Å². The van der Waals surface area contributed by atoms with E-state index < -0.39 is 6.10 Å². The third-order valence-corrected chi connectivity index (χ3v) is 2.49. The van der Waals surface area contributed by atoms with E-state index in [0.29, 0.717) is 5.56 Å². The highest BCUT2D eigenvalue weighted by Gasteiger charge is 2.24. The maximum Gasteiger partial charge on any atom is 0.123 e. The number of aliphatic hydroxyl groups excluding tert-OH is 1. The Balaban J connectivity index is 2.45. The second-order valence-electron chi connectivity index (χ2n) is 3.53. The Labute approximate surface area is 76.4 Å². The summed E-state index contributed by atoms with van der Waals surface area (Å²) in [6, 6.07) is 4.46. The van der Waals surface area contributed by atoms with Gasteiger partial charge < -0.3 is 10.4 Å². The van der Waals surface area contributed by atoms with Crippen molar-refractivity contribution in [3.05, 3.63) is 29.6 Å². The fourth-order valence-electron chi connectivity index (χ4n) is 1.63. The van der Waals surface area contributed by atoms with Crippen LogP contribution in [0.1, 0.15) is 18.6 Å². The molecule has 0 amide bonds. The van der Waals surface area contributed by atoms with E-state index in [2.05, 4.69) is 5.32 Å². The Hall–Kier alpha value is -1.09. The smallest absolute Gasteiger partial charge is 0.123 e. The van der Waals surface area contributed by atoms with Crippen molar-refractivity contribution in [2.24, 2.45) is 5.92 Å². The molecule has 1 aromatic rings. The SMILES string of the molecule is CC1CNc2ccc(F)cc2C1O. The number of benzene rings is 1. The van der Waals surface area contributed by atoms with Gasteiger partial charge in [0.25, 0.3) is 0 Å². The molecule has 1 heterocycles. The average Bonchev–Trinajstić information content (AvgIpc) is 2.12. The lowest BCUT2D eigenvalue weighted by molar-refractivity contribution is 0.119. The van der Waals surface area contributed by atoms with Gasteiger partial charge in [-0.3, -0.25) is 0 Å². The molecule has 1 aromatic carbocycles. The lowest BCUT2D eigenvalue weighted by Crippen LogP contribution is -2.25. The molecule has 3 heteroatoms. The van der Waals surface area contributed by atoms with Gasteiger partial charge in [-0.25, -0.2) is 4.39 Å². The van der Waals surface area contributed by atoms with Crippen LogP contribution in [0.15, 0.2) is 18.2 Å². The number of rotatable bonds is 0. The van der Waals surface area contributed by atoms with Crippen molar-refractivity contribution in [1.29, 1.82) is 0 Å². The minimum Gasteiger partial charge on any atom is -0.388 e. The molecule has 2 N–H and O–H groups in total. The van der Waals surface area contributed by atoms with Gasteiger partial charge in [0.15, 0.2) is 0 Å². The molecular weight excluding hydrogens is 169 g/mol. The van der Waals surface area contributed by atoms with E-state index in [9.17, 15) is 9.50 Å². The van der Waals surface area contributed by atoms with E-state index in [4.69, 9.17) is 0 Å². The number of anilines is 1. The topological polar surface area (TPSA) is 32.3 Å². The summed E-state index contributed by atoms with van der Waals surface area (Å²) in [5.41, 5.74) is 1.51. The molecule has 0 aromatic heterocycles. The second kappa shape index (κ2) is 3.00. The first-order chi connectivity index (χ1) is 6.18. The summed E-state index contributed by atoms with van der Waals surface area (Å²) in [5, 5.41) is 12.9. The molecule has 0 radical (unpaired) electrons. The zero-order chi connectivity index (χ0) is 9.42. The van der Waals surface area contributed by atoms with Crippen molar-refractivity contribution in [3.8, 4) is 0 Å². The van der Waals surface area contributed by atoms with Crippen LogP contribution >= 0.6 is 0 Å². The molecule has 0 spiro atoms. The molecule has 0 bridgehead atoms. The van der Waals surface area contributed by atoms with E-state index in [1.54, 1.807) is 6.07 Å². The largest absolute Gasteiger partial charge is 0.388 e. The zero-order valence-corrected chi connectivity index (χ0v) is 7.42. The summed E-state index contributed by atoms with van der Waals surface area (Å²) in [6.07, 6.45) is -0.549. The Kier molecular flexibility index (Phi) is 1.96. The number of halogens is 1. The van der Waals surface area contributed by atoms with Gasteiger partial charge in [-0.1, -0.05) is 6.92 Å². The fraction of sp³-hybridized carbons (Fsp3) is 0.400.